The molecule has 0 aliphatic carbocycles. The number of rotatable bonds is 3. The lowest BCUT2D eigenvalue weighted by Crippen LogP contribution is -2.29. The summed E-state index contributed by atoms with van der Waals surface area (Å²) in [4.78, 5) is 21.9. The Morgan fingerprint density at radius 3 is 2.76 bits per heavy atom. The molecule has 0 spiro atoms. The van der Waals surface area contributed by atoms with Crippen molar-refractivity contribution in [3.63, 3.8) is 0 Å². The number of amides is 1. The standard InChI is InChI=1S/C15H24N4OS/c1-2-11-6-9-19(10-11)14(20)12-13(16)17-15(21-12)18-7-4-3-5-8-18/h11H,2-10,16H2,1H3. The fourth-order valence-corrected chi connectivity index (χ4v) is 4.19. The minimum Gasteiger partial charge on any atom is -0.382 e. The van der Waals surface area contributed by atoms with Crippen LogP contribution in [0, 0.1) is 5.92 Å². The molecule has 2 aliphatic rings. The van der Waals surface area contributed by atoms with Crippen molar-refractivity contribution in [2.24, 2.45) is 5.92 Å². The predicted octanol–water partition coefficient (Wildman–Crippen LogP) is 2.59. The summed E-state index contributed by atoms with van der Waals surface area (Å²) >= 11 is 1.47. The van der Waals surface area contributed by atoms with Gasteiger partial charge in [0, 0.05) is 26.2 Å². The zero-order valence-corrected chi connectivity index (χ0v) is 13.5. The van der Waals surface area contributed by atoms with Crippen LogP contribution in [0.2, 0.25) is 0 Å². The Balaban J connectivity index is 1.73. The van der Waals surface area contributed by atoms with E-state index in [2.05, 4.69) is 16.8 Å². The first-order chi connectivity index (χ1) is 10.2. The van der Waals surface area contributed by atoms with Gasteiger partial charge in [0.15, 0.2) is 5.13 Å². The lowest BCUT2D eigenvalue weighted by Gasteiger charge is -2.25. The molecular formula is C15H24N4OS. The monoisotopic (exact) mass is 308 g/mol. The number of hydrogen-bond acceptors (Lipinski definition) is 5. The zero-order chi connectivity index (χ0) is 14.8. The van der Waals surface area contributed by atoms with Crippen molar-refractivity contribution in [1.82, 2.24) is 9.88 Å². The second kappa shape index (κ2) is 6.22. The summed E-state index contributed by atoms with van der Waals surface area (Å²) in [5.74, 6) is 1.12. The minimum absolute atomic E-state index is 0.0733. The average Bonchev–Trinajstić information content (AvgIpc) is 3.14. The van der Waals surface area contributed by atoms with Crippen LogP contribution in [0.25, 0.3) is 0 Å². The summed E-state index contributed by atoms with van der Waals surface area (Å²) in [6, 6.07) is 0. The molecule has 1 atom stereocenters. The number of aromatic nitrogens is 1. The van der Waals surface area contributed by atoms with Gasteiger partial charge in [-0.05, 0) is 31.6 Å². The SMILES string of the molecule is CCC1CCN(C(=O)c2sc(N3CCCCC3)nc2N)C1. The number of anilines is 2. The van der Waals surface area contributed by atoms with Crippen molar-refractivity contribution in [3.8, 4) is 0 Å². The molecule has 116 valence electrons. The second-order valence-electron chi connectivity index (χ2n) is 6.07. The van der Waals surface area contributed by atoms with E-state index in [0.717, 1.165) is 44.2 Å². The maximum absolute atomic E-state index is 12.6. The molecule has 0 saturated carbocycles. The quantitative estimate of drug-likeness (QED) is 0.932. The number of nitrogens with two attached hydrogens (primary N) is 1. The van der Waals surface area contributed by atoms with E-state index in [-0.39, 0.29) is 5.91 Å². The van der Waals surface area contributed by atoms with E-state index < -0.39 is 0 Å². The molecule has 2 N–H and O–H groups in total. The van der Waals surface area contributed by atoms with Crippen LogP contribution in [0.5, 0.6) is 0 Å². The van der Waals surface area contributed by atoms with Gasteiger partial charge in [-0.3, -0.25) is 4.79 Å². The van der Waals surface area contributed by atoms with Gasteiger partial charge in [0.05, 0.1) is 0 Å². The predicted molar refractivity (Wildman–Crippen MR) is 86.9 cm³/mol. The Hall–Kier alpha value is -1.30. The number of thiazole rings is 1. The molecule has 5 nitrogen and oxygen atoms in total. The largest absolute Gasteiger partial charge is 0.382 e. The number of piperidine rings is 1. The first kappa shape index (κ1) is 14.6. The van der Waals surface area contributed by atoms with Crippen LogP contribution in [0.4, 0.5) is 10.9 Å². The highest BCUT2D eigenvalue weighted by Gasteiger charge is 2.29. The van der Waals surface area contributed by atoms with Gasteiger partial charge in [-0.1, -0.05) is 24.7 Å². The topological polar surface area (TPSA) is 62.5 Å². The van der Waals surface area contributed by atoms with Crippen molar-refractivity contribution >= 4 is 28.2 Å². The molecule has 0 bridgehead atoms. The van der Waals surface area contributed by atoms with E-state index in [1.54, 1.807) is 0 Å². The molecule has 1 amide bonds. The number of nitrogen functional groups attached to an aromatic ring is 1. The van der Waals surface area contributed by atoms with Gasteiger partial charge >= 0.3 is 0 Å². The van der Waals surface area contributed by atoms with Crippen molar-refractivity contribution in [2.75, 3.05) is 36.8 Å². The summed E-state index contributed by atoms with van der Waals surface area (Å²) in [6.45, 7) is 5.97. The maximum atomic E-state index is 12.6. The minimum atomic E-state index is 0.0733. The molecule has 1 unspecified atom stereocenters. The Morgan fingerprint density at radius 1 is 1.33 bits per heavy atom. The number of hydrogen-bond donors (Lipinski definition) is 1. The van der Waals surface area contributed by atoms with Crippen molar-refractivity contribution in [1.29, 1.82) is 0 Å². The van der Waals surface area contributed by atoms with Crippen LogP contribution < -0.4 is 10.6 Å². The second-order valence-corrected chi connectivity index (χ2v) is 7.05. The van der Waals surface area contributed by atoms with Crippen LogP contribution in [-0.2, 0) is 0 Å². The molecule has 1 aromatic rings. The Morgan fingerprint density at radius 2 is 2.10 bits per heavy atom. The van der Waals surface area contributed by atoms with Crippen LogP contribution >= 0.6 is 11.3 Å². The van der Waals surface area contributed by atoms with E-state index in [1.807, 2.05) is 4.90 Å². The summed E-state index contributed by atoms with van der Waals surface area (Å²) in [5.41, 5.74) is 6.01. The smallest absolute Gasteiger partial charge is 0.267 e. The van der Waals surface area contributed by atoms with E-state index in [0.29, 0.717) is 16.6 Å². The number of nitrogens with zero attached hydrogens (tertiary/aromatic N) is 3. The zero-order valence-electron chi connectivity index (χ0n) is 12.7. The highest BCUT2D eigenvalue weighted by Crippen LogP contribution is 2.32. The number of carbonyl (C=O) groups excluding carboxylic acids is 1. The molecular weight excluding hydrogens is 284 g/mol. The van der Waals surface area contributed by atoms with E-state index in [1.165, 1.54) is 30.6 Å². The molecule has 1 aromatic heterocycles. The Bertz CT molecular complexity index is 510. The first-order valence-corrected chi connectivity index (χ1v) is 8.81. The molecule has 0 aromatic carbocycles. The lowest BCUT2D eigenvalue weighted by atomic mass is 10.1. The molecule has 21 heavy (non-hydrogen) atoms. The van der Waals surface area contributed by atoms with Gasteiger partial charge in [0.2, 0.25) is 0 Å². The summed E-state index contributed by atoms with van der Waals surface area (Å²) in [6.07, 6.45) is 5.94. The van der Waals surface area contributed by atoms with E-state index >= 15 is 0 Å². The Labute approximate surface area is 130 Å². The summed E-state index contributed by atoms with van der Waals surface area (Å²) in [7, 11) is 0. The van der Waals surface area contributed by atoms with Gasteiger partial charge in [0.1, 0.15) is 10.7 Å². The van der Waals surface area contributed by atoms with Crippen molar-refractivity contribution in [3.05, 3.63) is 4.88 Å². The van der Waals surface area contributed by atoms with E-state index in [9.17, 15) is 4.79 Å². The fraction of sp³-hybridized carbons (Fsp3) is 0.733. The molecule has 3 heterocycles. The summed E-state index contributed by atoms with van der Waals surface area (Å²) in [5, 5.41) is 0.918. The van der Waals surface area contributed by atoms with Gasteiger partial charge < -0.3 is 15.5 Å². The van der Waals surface area contributed by atoms with Crippen LogP contribution in [-0.4, -0.2) is 42.0 Å². The molecule has 2 aliphatic heterocycles. The highest BCUT2D eigenvalue weighted by molar-refractivity contribution is 7.18. The third-order valence-electron chi connectivity index (χ3n) is 4.61. The molecule has 6 heteroatoms. The van der Waals surface area contributed by atoms with Crippen molar-refractivity contribution in [2.45, 2.75) is 39.0 Å². The van der Waals surface area contributed by atoms with Gasteiger partial charge in [-0.25, -0.2) is 4.98 Å². The first-order valence-electron chi connectivity index (χ1n) is 7.99. The third kappa shape index (κ3) is 3.00. The molecule has 0 radical (unpaired) electrons. The maximum Gasteiger partial charge on any atom is 0.267 e. The Kier molecular flexibility index (Phi) is 4.33. The van der Waals surface area contributed by atoms with E-state index in [4.69, 9.17) is 5.73 Å². The lowest BCUT2D eigenvalue weighted by molar-refractivity contribution is 0.0792. The summed E-state index contributed by atoms with van der Waals surface area (Å²) < 4.78 is 0. The van der Waals surface area contributed by atoms with Crippen LogP contribution in [0.1, 0.15) is 48.7 Å². The number of likely N-dealkylation sites (tertiary alicyclic amines) is 1. The molecule has 2 saturated heterocycles. The van der Waals surface area contributed by atoms with Crippen LogP contribution in [0.3, 0.4) is 0 Å². The third-order valence-corrected chi connectivity index (χ3v) is 5.73. The van der Waals surface area contributed by atoms with Crippen LogP contribution in [0.15, 0.2) is 0 Å². The van der Waals surface area contributed by atoms with Gasteiger partial charge in [-0.15, -0.1) is 0 Å². The van der Waals surface area contributed by atoms with Gasteiger partial charge in [0.25, 0.3) is 5.91 Å². The highest BCUT2D eigenvalue weighted by atomic mass is 32.1. The normalized spacial score (nSPS) is 22.8. The fourth-order valence-electron chi connectivity index (χ4n) is 3.19. The van der Waals surface area contributed by atoms with Gasteiger partial charge in [-0.2, -0.15) is 0 Å². The van der Waals surface area contributed by atoms with Crippen molar-refractivity contribution < 1.29 is 4.79 Å². The number of carbonyl (C=O) groups is 1. The molecule has 2 fully saturated rings. The molecule has 3 rings (SSSR count). The average molecular weight is 308 g/mol.